The van der Waals surface area contributed by atoms with Crippen LogP contribution in [0.1, 0.15) is 110 Å². The number of hydrogen-bond acceptors (Lipinski definition) is 5. The second-order valence-electron chi connectivity index (χ2n) is 15.3. The third-order valence-corrected chi connectivity index (χ3v) is 10.2. The molecule has 6 rings (SSSR count). The maximum Gasteiger partial charge on any atom is 0.223 e. The molecule has 0 amide bonds. The number of aliphatic hydroxyl groups is 1. The summed E-state index contributed by atoms with van der Waals surface area (Å²) in [7, 11) is 0. The van der Waals surface area contributed by atoms with Gasteiger partial charge in [-0.3, -0.25) is 9.78 Å². The summed E-state index contributed by atoms with van der Waals surface area (Å²) in [5, 5.41) is 13.2. The van der Waals surface area contributed by atoms with Crippen LogP contribution >= 0.6 is 0 Å². The number of allylic oxidation sites excluding steroid dienone is 2. The fourth-order valence-corrected chi connectivity index (χ4v) is 7.32. The number of rotatable bonds is 10. The van der Waals surface area contributed by atoms with Gasteiger partial charge in [0.05, 0.1) is 5.76 Å². The minimum Gasteiger partial charge on any atom is -0.512 e. The molecule has 5 nitrogen and oxygen atoms in total. The summed E-state index contributed by atoms with van der Waals surface area (Å²) in [6.07, 6.45) is 9.53. The van der Waals surface area contributed by atoms with Gasteiger partial charge in [0.2, 0.25) is 5.71 Å². The van der Waals surface area contributed by atoms with Gasteiger partial charge in [0, 0.05) is 60.2 Å². The van der Waals surface area contributed by atoms with Gasteiger partial charge in [-0.2, -0.15) is 0 Å². The maximum atomic E-state index is 11.7. The Bertz CT molecular complexity index is 1990. The third kappa shape index (κ3) is 8.90. The van der Waals surface area contributed by atoms with Crippen LogP contribution in [0.15, 0.2) is 71.1 Å². The van der Waals surface area contributed by atoms with E-state index in [1.165, 1.54) is 39.3 Å². The van der Waals surface area contributed by atoms with Crippen LogP contribution in [0.5, 0.6) is 0 Å². The zero-order chi connectivity index (χ0) is 36.2. The predicted molar refractivity (Wildman–Crippen MR) is 208 cm³/mol. The molecule has 0 aliphatic heterocycles. The minimum absolute atomic E-state index is 0. The van der Waals surface area contributed by atoms with Crippen molar-refractivity contribution in [3.05, 3.63) is 95.0 Å². The van der Waals surface area contributed by atoms with E-state index in [0.717, 1.165) is 72.7 Å². The Hall–Kier alpha value is -3.60. The molecule has 2 heterocycles. The van der Waals surface area contributed by atoms with Crippen LogP contribution < -0.4 is 0 Å². The van der Waals surface area contributed by atoms with Gasteiger partial charge in [0.1, 0.15) is 12.1 Å². The number of hydrogen-bond donors (Lipinski definition) is 1. The van der Waals surface area contributed by atoms with Gasteiger partial charge in [0.25, 0.3) is 0 Å². The van der Waals surface area contributed by atoms with Crippen molar-refractivity contribution >= 4 is 27.7 Å². The van der Waals surface area contributed by atoms with Gasteiger partial charge in [-0.25, -0.2) is 4.98 Å². The molecule has 0 bridgehead atoms. The molecule has 1 N–H and O–H groups in total. The Morgan fingerprint density at radius 3 is 2.27 bits per heavy atom. The summed E-state index contributed by atoms with van der Waals surface area (Å²) in [5.41, 5.74) is 9.03. The normalized spacial score (nSPS) is 12.9. The smallest absolute Gasteiger partial charge is 0.223 e. The van der Waals surface area contributed by atoms with Crippen LogP contribution in [-0.2, 0) is 49.6 Å². The average molecular weight is 864 g/mol. The molecule has 0 saturated heterocycles. The molecular formula is C45H55IrN2O3-. The van der Waals surface area contributed by atoms with Crippen molar-refractivity contribution in [1.29, 1.82) is 0 Å². The summed E-state index contributed by atoms with van der Waals surface area (Å²) < 4.78 is 6.46. The van der Waals surface area contributed by atoms with Crippen LogP contribution in [0.3, 0.4) is 0 Å². The molecule has 0 unspecified atom stereocenters. The largest absolute Gasteiger partial charge is 0.512 e. The molecule has 0 atom stereocenters. The second-order valence-corrected chi connectivity index (χ2v) is 15.3. The number of furan rings is 1. The first kappa shape index (κ1) is 40.2. The van der Waals surface area contributed by atoms with E-state index in [1.807, 2.05) is 27.7 Å². The van der Waals surface area contributed by atoms with E-state index in [2.05, 4.69) is 94.2 Å². The maximum absolute atomic E-state index is 11.7. The molecule has 5 aromatic rings. The first-order chi connectivity index (χ1) is 23.9. The number of aryl methyl sites for hydroxylation is 2. The summed E-state index contributed by atoms with van der Waals surface area (Å²) in [4.78, 5) is 21.1. The van der Waals surface area contributed by atoms with E-state index in [4.69, 9.17) is 9.40 Å². The van der Waals surface area contributed by atoms with Crippen LogP contribution in [-0.4, -0.2) is 20.9 Å². The summed E-state index contributed by atoms with van der Waals surface area (Å²) in [5.74, 6) is 2.13. The molecule has 1 aliphatic carbocycles. The van der Waals surface area contributed by atoms with Crippen LogP contribution in [0.2, 0.25) is 0 Å². The van der Waals surface area contributed by atoms with Gasteiger partial charge >= 0.3 is 0 Å². The third-order valence-electron chi connectivity index (χ3n) is 10.2. The average Bonchev–Trinajstić information content (AvgIpc) is 3.48. The standard InChI is InChI=1S/C32H31N2O.C13H24O2.Ir/c1-19(2)14-20-10-11-21-12-13-25-28-29(33-18-34-31(28)35-30(25)26(21)15-20)23-16-22-8-6-7-9-24(22)27(17-23)32(3,4)5;1-5-10(6-2)12(14)9-13(15)11(7-3)8-4;/h6-11,15,17-19H,12-14H2,1-5H3;9-11,14H,5-8H2,1-4H3;/q-1;;/b;12-9-;. The summed E-state index contributed by atoms with van der Waals surface area (Å²) >= 11 is 0. The quantitative estimate of drug-likeness (QED) is 0.0860. The fraction of sp³-hybridized carbons (Fsp3) is 0.444. The summed E-state index contributed by atoms with van der Waals surface area (Å²) in [6, 6.07) is 21.3. The minimum atomic E-state index is -0.00280. The van der Waals surface area contributed by atoms with Crippen LogP contribution in [0.4, 0.5) is 0 Å². The van der Waals surface area contributed by atoms with E-state index in [1.54, 1.807) is 6.33 Å². The van der Waals surface area contributed by atoms with E-state index in [0.29, 0.717) is 11.6 Å². The van der Waals surface area contributed by atoms with Gasteiger partial charge in [-0.05, 0) is 73.5 Å². The topological polar surface area (TPSA) is 76.2 Å². The number of nitrogens with zero attached hydrogens (tertiary/aromatic N) is 2. The van der Waals surface area contributed by atoms with Gasteiger partial charge < -0.3 is 9.52 Å². The molecule has 2 aromatic heterocycles. The first-order valence-electron chi connectivity index (χ1n) is 18.7. The Morgan fingerprint density at radius 1 is 0.941 bits per heavy atom. The Morgan fingerprint density at radius 2 is 1.63 bits per heavy atom. The predicted octanol–water partition coefficient (Wildman–Crippen LogP) is 12.0. The monoisotopic (exact) mass is 864 g/mol. The van der Waals surface area contributed by atoms with E-state index >= 15 is 0 Å². The number of aromatic nitrogens is 2. The number of carbonyl (C=O) groups excluding carboxylic acids is 1. The number of benzene rings is 3. The van der Waals surface area contributed by atoms with Crippen molar-refractivity contribution in [1.82, 2.24) is 9.97 Å². The molecular weight excluding hydrogens is 809 g/mol. The molecule has 51 heavy (non-hydrogen) atoms. The zero-order valence-electron chi connectivity index (χ0n) is 31.9. The zero-order valence-corrected chi connectivity index (χ0v) is 34.3. The van der Waals surface area contributed by atoms with Gasteiger partial charge in [0.15, 0.2) is 5.78 Å². The van der Waals surface area contributed by atoms with Crippen molar-refractivity contribution in [3.8, 4) is 22.6 Å². The molecule has 0 spiro atoms. The SMILES string of the molecule is CC(C)Cc1ccc2c(c1)-c1oc3ncnc(-c4[c-]c5ccccc5c(C(C)(C)C)c4)c3c1CC2.CCC(CC)C(=O)/C=C(\O)C(CC)CC.[Ir]. The summed E-state index contributed by atoms with van der Waals surface area (Å²) in [6.45, 7) is 19.4. The van der Waals surface area contributed by atoms with Crippen molar-refractivity contribution in [2.24, 2.45) is 17.8 Å². The molecule has 3 aromatic carbocycles. The molecule has 0 saturated carbocycles. The van der Waals surface area contributed by atoms with Crippen molar-refractivity contribution in [2.45, 2.75) is 113 Å². The molecule has 1 aliphatic rings. The number of ketones is 1. The Labute approximate surface area is 318 Å². The van der Waals surface area contributed by atoms with Gasteiger partial charge in [-0.1, -0.05) is 104 Å². The van der Waals surface area contributed by atoms with Crippen LogP contribution in [0.25, 0.3) is 44.5 Å². The number of carbonyl (C=O) groups is 1. The van der Waals surface area contributed by atoms with E-state index < -0.39 is 0 Å². The van der Waals surface area contributed by atoms with Crippen molar-refractivity contribution in [2.75, 3.05) is 0 Å². The number of aliphatic hydroxyl groups excluding tert-OH is 1. The molecule has 1 radical (unpaired) electrons. The van der Waals surface area contributed by atoms with Crippen LogP contribution in [0, 0.1) is 23.8 Å². The first-order valence-corrected chi connectivity index (χ1v) is 18.7. The Kier molecular flexibility index (Phi) is 13.6. The second kappa shape index (κ2) is 17.3. The fourth-order valence-electron chi connectivity index (χ4n) is 7.32. The molecule has 6 heteroatoms. The van der Waals surface area contributed by atoms with E-state index in [-0.39, 0.29) is 48.9 Å². The van der Waals surface area contributed by atoms with Crippen molar-refractivity contribution < 1.29 is 34.4 Å². The molecule has 0 fully saturated rings. The Balaban J connectivity index is 0.000000312. The van der Waals surface area contributed by atoms with Gasteiger partial charge in [-0.15, -0.1) is 29.1 Å². The molecule has 273 valence electrons. The van der Waals surface area contributed by atoms with E-state index in [9.17, 15) is 9.90 Å². The number of fused-ring (bicyclic) bond motifs is 6. The van der Waals surface area contributed by atoms with Crippen molar-refractivity contribution in [3.63, 3.8) is 0 Å².